The van der Waals surface area contributed by atoms with Crippen molar-refractivity contribution in [2.45, 2.75) is 11.8 Å². The van der Waals surface area contributed by atoms with Crippen molar-refractivity contribution in [2.75, 3.05) is 24.3 Å². The van der Waals surface area contributed by atoms with Gasteiger partial charge in [0, 0.05) is 12.1 Å². The van der Waals surface area contributed by atoms with E-state index in [1.54, 1.807) is 19.1 Å². The van der Waals surface area contributed by atoms with Crippen molar-refractivity contribution in [3.8, 4) is 11.5 Å². The fourth-order valence-corrected chi connectivity index (χ4v) is 3.45. The van der Waals surface area contributed by atoms with E-state index in [2.05, 4.69) is 20.2 Å². The van der Waals surface area contributed by atoms with Crippen LogP contribution in [0.15, 0.2) is 52.0 Å². The van der Waals surface area contributed by atoms with E-state index in [0.717, 1.165) is 0 Å². The number of anilines is 3. The van der Waals surface area contributed by atoms with Crippen molar-refractivity contribution in [3.63, 3.8) is 0 Å². The van der Waals surface area contributed by atoms with E-state index in [1.807, 2.05) is 0 Å². The first kappa shape index (κ1) is 18.5. The molecule has 1 aromatic carbocycles. The van der Waals surface area contributed by atoms with Crippen LogP contribution in [0.4, 0.5) is 17.3 Å². The van der Waals surface area contributed by atoms with Gasteiger partial charge in [0.15, 0.2) is 5.82 Å². The molecule has 3 rings (SSSR count). The van der Waals surface area contributed by atoms with Crippen LogP contribution in [0, 0.1) is 6.92 Å². The van der Waals surface area contributed by atoms with Crippen molar-refractivity contribution >= 4 is 27.3 Å². The summed E-state index contributed by atoms with van der Waals surface area (Å²) in [4.78, 5) is 4.08. The van der Waals surface area contributed by atoms with Crippen LogP contribution in [-0.4, -0.2) is 32.8 Å². The highest BCUT2D eigenvalue weighted by Gasteiger charge is 2.20. The minimum absolute atomic E-state index is 0.0205. The van der Waals surface area contributed by atoms with Crippen LogP contribution in [0.25, 0.3) is 0 Å². The zero-order valence-corrected chi connectivity index (χ0v) is 15.7. The van der Waals surface area contributed by atoms with E-state index in [0.29, 0.717) is 23.0 Å². The standard InChI is InChI=1S/C17H18N4O5S/c1-11-8-17(20-26-11)19-12-4-7-16(18-10-12)21-27(22,23)15-6-5-13(24-2)9-14(15)25-3/h4-10H,1-3H3,(H,18,21)(H,19,20). The molecule has 2 heterocycles. The Balaban J connectivity index is 1.78. The predicted molar refractivity (Wildman–Crippen MR) is 99.1 cm³/mol. The molecule has 9 nitrogen and oxygen atoms in total. The van der Waals surface area contributed by atoms with Crippen LogP contribution in [0.1, 0.15) is 5.76 Å². The Morgan fingerprint density at radius 3 is 2.44 bits per heavy atom. The molecular weight excluding hydrogens is 372 g/mol. The van der Waals surface area contributed by atoms with Crippen molar-refractivity contribution < 1.29 is 22.4 Å². The fourth-order valence-electron chi connectivity index (χ4n) is 2.29. The molecule has 2 aromatic heterocycles. The molecular formula is C17H18N4O5S. The minimum Gasteiger partial charge on any atom is -0.497 e. The third kappa shape index (κ3) is 4.29. The van der Waals surface area contributed by atoms with Crippen LogP contribution in [0.2, 0.25) is 0 Å². The molecule has 142 valence electrons. The third-order valence-electron chi connectivity index (χ3n) is 3.56. The average molecular weight is 390 g/mol. The molecule has 0 amide bonds. The first-order valence-electron chi connectivity index (χ1n) is 7.82. The summed E-state index contributed by atoms with van der Waals surface area (Å²) in [5, 5.41) is 6.82. The molecule has 2 N–H and O–H groups in total. The molecule has 0 aliphatic heterocycles. The summed E-state index contributed by atoms with van der Waals surface area (Å²) in [6.07, 6.45) is 1.48. The normalized spacial score (nSPS) is 11.1. The zero-order chi connectivity index (χ0) is 19.4. The number of nitrogens with zero attached hydrogens (tertiary/aromatic N) is 2. The molecule has 0 aliphatic rings. The Hall–Kier alpha value is -3.27. The number of hydrogen-bond acceptors (Lipinski definition) is 8. The van der Waals surface area contributed by atoms with Gasteiger partial charge in [-0.05, 0) is 31.2 Å². The topological polar surface area (TPSA) is 116 Å². The van der Waals surface area contributed by atoms with Gasteiger partial charge in [0.25, 0.3) is 10.0 Å². The zero-order valence-electron chi connectivity index (χ0n) is 14.9. The highest BCUT2D eigenvalue weighted by atomic mass is 32.2. The van der Waals surface area contributed by atoms with Crippen molar-refractivity contribution in [1.82, 2.24) is 10.1 Å². The van der Waals surface area contributed by atoms with Crippen LogP contribution >= 0.6 is 0 Å². The van der Waals surface area contributed by atoms with Crippen molar-refractivity contribution in [3.05, 3.63) is 48.4 Å². The maximum atomic E-state index is 12.6. The smallest absolute Gasteiger partial charge is 0.266 e. The van der Waals surface area contributed by atoms with Gasteiger partial charge in [-0.3, -0.25) is 4.72 Å². The number of aryl methyl sites for hydroxylation is 1. The van der Waals surface area contributed by atoms with Gasteiger partial charge in [-0.25, -0.2) is 13.4 Å². The molecule has 10 heteroatoms. The Bertz CT molecular complexity index is 1030. The number of benzene rings is 1. The number of methoxy groups -OCH3 is 2. The summed E-state index contributed by atoms with van der Waals surface area (Å²) in [6.45, 7) is 1.78. The summed E-state index contributed by atoms with van der Waals surface area (Å²) in [7, 11) is -1.02. The van der Waals surface area contributed by atoms with Crippen LogP contribution in [-0.2, 0) is 10.0 Å². The van der Waals surface area contributed by atoms with Gasteiger partial charge in [-0.1, -0.05) is 5.16 Å². The second kappa shape index (κ2) is 7.54. The number of aromatic nitrogens is 2. The molecule has 0 spiro atoms. The summed E-state index contributed by atoms with van der Waals surface area (Å²) in [6, 6.07) is 9.37. The van der Waals surface area contributed by atoms with Gasteiger partial charge in [-0.15, -0.1) is 0 Å². The largest absolute Gasteiger partial charge is 0.497 e. The summed E-state index contributed by atoms with van der Waals surface area (Å²) in [5.74, 6) is 2.02. The number of hydrogen-bond donors (Lipinski definition) is 2. The summed E-state index contributed by atoms with van der Waals surface area (Å²) < 4.78 is 42.9. The summed E-state index contributed by atoms with van der Waals surface area (Å²) >= 11 is 0. The molecule has 3 aromatic rings. The molecule has 0 bridgehead atoms. The number of ether oxygens (including phenoxy) is 2. The third-order valence-corrected chi connectivity index (χ3v) is 4.96. The van der Waals surface area contributed by atoms with Gasteiger partial charge in [0.05, 0.1) is 26.1 Å². The van der Waals surface area contributed by atoms with E-state index in [4.69, 9.17) is 14.0 Å². The Morgan fingerprint density at radius 1 is 1.04 bits per heavy atom. The SMILES string of the molecule is COc1ccc(S(=O)(=O)Nc2ccc(Nc3cc(C)on3)cn2)c(OC)c1. The number of rotatable bonds is 7. The summed E-state index contributed by atoms with van der Waals surface area (Å²) in [5.41, 5.74) is 0.633. The average Bonchev–Trinajstić information content (AvgIpc) is 3.07. The molecule has 0 radical (unpaired) electrons. The lowest BCUT2D eigenvalue weighted by atomic mass is 10.3. The maximum absolute atomic E-state index is 12.6. The highest BCUT2D eigenvalue weighted by molar-refractivity contribution is 7.92. The minimum atomic E-state index is -3.89. The quantitative estimate of drug-likeness (QED) is 0.633. The maximum Gasteiger partial charge on any atom is 0.266 e. The van der Waals surface area contributed by atoms with Gasteiger partial charge in [-0.2, -0.15) is 0 Å². The second-order valence-electron chi connectivity index (χ2n) is 5.50. The van der Waals surface area contributed by atoms with Gasteiger partial charge < -0.3 is 19.3 Å². The molecule has 0 aliphatic carbocycles. The predicted octanol–water partition coefficient (Wildman–Crippen LogP) is 2.94. The second-order valence-corrected chi connectivity index (χ2v) is 7.15. The van der Waals surface area contributed by atoms with E-state index in [9.17, 15) is 8.42 Å². The van der Waals surface area contributed by atoms with Crippen LogP contribution in [0.5, 0.6) is 11.5 Å². The van der Waals surface area contributed by atoms with Crippen molar-refractivity contribution in [1.29, 1.82) is 0 Å². The highest BCUT2D eigenvalue weighted by Crippen LogP contribution is 2.29. The molecule has 0 atom stereocenters. The lowest BCUT2D eigenvalue weighted by Gasteiger charge is -2.12. The van der Waals surface area contributed by atoms with E-state index >= 15 is 0 Å². The Labute approximate surface area is 156 Å². The fraction of sp³-hybridized carbons (Fsp3) is 0.176. The Kier molecular flexibility index (Phi) is 5.17. The first-order chi connectivity index (χ1) is 12.9. The Morgan fingerprint density at radius 2 is 1.85 bits per heavy atom. The molecule has 27 heavy (non-hydrogen) atoms. The lowest BCUT2D eigenvalue weighted by molar-refractivity contribution is 0.386. The van der Waals surface area contributed by atoms with E-state index in [1.165, 1.54) is 44.7 Å². The van der Waals surface area contributed by atoms with Crippen LogP contribution in [0.3, 0.4) is 0 Å². The molecule has 0 fully saturated rings. The van der Waals surface area contributed by atoms with Crippen molar-refractivity contribution in [2.24, 2.45) is 0 Å². The molecule has 0 unspecified atom stereocenters. The van der Waals surface area contributed by atoms with Gasteiger partial charge in [0.2, 0.25) is 0 Å². The van der Waals surface area contributed by atoms with E-state index < -0.39 is 10.0 Å². The number of pyridine rings is 1. The monoisotopic (exact) mass is 390 g/mol. The van der Waals surface area contributed by atoms with E-state index in [-0.39, 0.29) is 16.5 Å². The van der Waals surface area contributed by atoms with Gasteiger partial charge >= 0.3 is 0 Å². The first-order valence-corrected chi connectivity index (χ1v) is 9.31. The molecule has 0 saturated carbocycles. The number of nitrogens with one attached hydrogen (secondary N) is 2. The number of sulfonamides is 1. The van der Waals surface area contributed by atoms with Crippen LogP contribution < -0.4 is 19.5 Å². The molecule has 0 saturated heterocycles. The van der Waals surface area contributed by atoms with Gasteiger partial charge in [0.1, 0.15) is 28.0 Å². The lowest BCUT2D eigenvalue weighted by Crippen LogP contribution is -2.15.